The topological polar surface area (TPSA) is 97.5 Å². The van der Waals surface area contributed by atoms with E-state index in [1.54, 1.807) is 24.6 Å². The fourth-order valence-corrected chi connectivity index (χ4v) is 2.96. The highest BCUT2D eigenvalue weighted by Gasteiger charge is 2.16. The summed E-state index contributed by atoms with van der Waals surface area (Å²) in [7, 11) is 0. The van der Waals surface area contributed by atoms with Crippen molar-refractivity contribution in [3.8, 4) is 16.9 Å². The van der Waals surface area contributed by atoms with Crippen LogP contribution in [0, 0.1) is 13.8 Å². The fourth-order valence-electron chi connectivity index (χ4n) is 2.96. The lowest BCUT2D eigenvalue weighted by molar-refractivity contribution is 0.0286. The standard InChI is InChI=1S/C22H24N6O2/c1-14-5-6-20(26-25-14)24-21-11-17-10-16(7-8-28(17)27-21)18-9-15(2)23-12-19(18)30-13-22(3,4)29/h5-12,29H,13H2,1-4H3,(H,24,26,27). The first-order chi connectivity index (χ1) is 14.3. The zero-order valence-corrected chi connectivity index (χ0v) is 17.4. The minimum Gasteiger partial charge on any atom is -0.488 e. The predicted molar refractivity (Wildman–Crippen MR) is 115 cm³/mol. The quantitative estimate of drug-likeness (QED) is 0.506. The lowest BCUT2D eigenvalue weighted by Crippen LogP contribution is -2.28. The smallest absolute Gasteiger partial charge is 0.154 e. The molecule has 0 atom stereocenters. The van der Waals surface area contributed by atoms with Crippen molar-refractivity contribution in [3.63, 3.8) is 0 Å². The summed E-state index contributed by atoms with van der Waals surface area (Å²) in [6, 6.07) is 11.7. The summed E-state index contributed by atoms with van der Waals surface area (Å²) in [6.45, 7) is 7.42. The first kappa shape index (κ1) is 19.8. The molecule has 0 radical (unpaired) electrons. The Bertz CT molecular complexity index is 1180. The first-order valence-electron chi connectivity index (χ1n) is 9.66. The molecule has 30 heavy (non-hydrogen) atoms. The van der Waals surface area contributed by atoms with Gasteiger partial charge in [-0.15, -0.1) is 5.10 Å². The number of aryl methyl sites for hydroxylation is 2. The van der Waals surface area contributed by atoms with Gasteiger partial charge in [0, 0.05) is 23.5 Å². The van der Waals surface area contributed by atoms with Crippen LogP contribution in [-0.4, -0.2) is 42.1 Å². The van der Waals surface area contributed by atoms with E-state index < -0.39 is 5.60 Å². The van der Waals surface area contributed by atoms with Crippen molar-refractivity contribution in [3.05, 3.63) is 60.2 Å². The van der Waals surface area contributed by atoms with E-state index in [0.717, 1.165) is 28.0 Å². The molecule has 0 aliphatic heterocycles. The second-order valence-electron chi connectivity index (χ2n) is 7.92. The Balaban J connectivity index is 1.65. The van der Waals surface area contributed by atoms with E-state index in [4.69, 9.17) is 4.74 Å². The molecule has 0 aliphatic carbocycles. The van der Waals surface area contributed by atoms with Gasteiger partial charge in [0.2, 0.25) is 0 Å². The SMILES string of the molecule is Cc1cc(-c2ccn3nc(Nc4ccc(C)nn4)cc3c2)c(OCC(C)(C)O)cn1. The minimum atomic E-state index is -0.934. The second kappa shape index (κ2) is 7.72. The first-order valence-corrected chi connectivity index (χ1v) is 9.66. The number of hydrogen-bond acceptors (Lipinski definition) is 7. The van der Waals surface area contributed by atoms with Gasteiger partial charge in [-0.3, -0.25) is 4.98 Å². The van der Waals surface area contributed by atoms with E-state index in [-0.39, 0.29) is 6.61 Å². The van der Waals surface area contributed by atoms with Crippen LogP contribution in [0.5, 0.6) is 5.75 Å². The van der Waals surface area contributed by atoms with Gasteiger partial charge in [-0.25, -0.2) is 4.52 Å². The Hall–Kier alpha value is -3.52. The molecule has 0 spiro atoms. The van der Waals surface area contributed by atoms with E-state index in [0.29, 0.717) is 17.4 Å². The summed E-state index contributed by atoms with van der Waals surface area (Å²) < 4.78 is 7.64. The van der Waals surface area contributed by atoms with Crippen molar-refractivity contribution < 1.29 is 9.84 Å². The summed E-state index contributed by atoms with van der Waals surface area (Å²) in [5.74, 6) is 1.94. The molecule has 0 bridgehead atoms. The third-order valence-electron chi connectivity index (χ3n) is 4.41. The van der Waals surface area contributed by atoms with Crippen LogP contribution in [0.3, 0.4) is 0 Å². The molecule has 0 aliphatic rings. The third kappa shape index (κ3) is 4.55. The molecule has 0 saturated heterocycles. The minimum absolute atomic E-state index is 0.172. The van der Waals surface area contributed by atoms with E-state index in [1.165, 1.54) is 0 Å². The van der Waals surface area contributed by atoms with Gasteiger partial charge in [-0.05, 0) is 63.6 Å². The maximum Gasteiger partial charge on any atom is 0.154 e. The molecular formula is C22H24N6O2. The van der Waals surface area contributed by atoms with Crippen LogP contribution in [0.2, 0.25) is 0 Å². The number of aliphatic hydroxyl groups is 1. The Morgan fingerprint density at radius 3 is 2.60 bits per heavy atom. The van der Waals surface area contributed by atoms with E-state index in [1.807, 2.05) is 56.4 Å². The number of ether oxygens (including phenoxy) is 1. The number of nitrogens with one attached hydrogen (secondary N) is 1. The van der Waals surface area contributed by atoms with E-state index in [2.05, 4.69) is 25.6 Å². The van der Waals surface area contributed by atoms with Gasteiger partial charge in [-0.2, -0.15) is 10.2 Å². The number of nitrogens with zero attached hydrogens (tertiary/aromatic N) is 5. The largest absolute Gasteiger partial charge is 0.488 e. The average molecular weight is 404 g/mol. The molecule has 4 heterocycles. The van der Waals surface area contributed by atoms with Gasteiger partial charge >= 0.3 is 0 Å². The number of aromatic nitrogens is 5. The number of anilines is 2. The van der Waals surface area contributed by atoms with E-state index >= 15 is 0 Å². The van der Waals surface area contributed by atoms with Gasteiger partial charge < -0.3 is 15.2 Å². The zero-order chi connectivity index (χ0) is 21.3. The van der Waals surface area contributed by atoms with Crippen LogP contribution in [0.15, 0.2) is 48.8 Å². The van der Waals surface area contributed by atoms with Gasteiger partial charge in [0.1, 0.15) is 12.4 Å². The Morgan fingerprint density at radius 2 is 1.87 bits per heavy atom. The molecule has 8 heteroatoms. The monoisotopic (exact) mass is 404 g/mol. The summed E-state index contributed by atoms with van der Waals surface area (Å²) in [5, 5.41) is 25.9. The highest BCUT2D eigenvalue weighted by atomic mass is 16.5. The van der Waals surface area contributed by atoms with Crippen LogP contribution in [0.25, 0.3) is 16.6 Å². The normalized spacial score (nSPS) is 11.6. The Morgan fingerprint density at radius 1 is 1.03 bits per heavy atom. The van der Waals surface area contributed by atoms with Gasteiger partial charge in [-0.1, -0.05) is 0 Å². The molecule has 0 unspecified atom stereocenters. The molecule has 4 aromatic rings. The molecule has 0 amide bonds. The van der Waals surface area contributed by atoms with Crippen molar-refractivity contribution >= 4 is 17.2 Å². The zero-order valence-electron chi connectivity index (χ0n) is 17.4. The van der Waals surface area contributed by atoms with Crippen LogP contribution in [-0.2, 0) is 0 Å². The number of hydrogen-bond donors (Lipinski definition) is 2. The summed E-state index contributed by atoms with van der Waals surface area (Å²) in [4.78, 5) is 4.34. The maximum atomic E-state index is 10.0. The molecule has 154 valence electrons. The van der Waals surface area contributed by atoms with Crippen molar-refractivity contribution in [2.45, 2.75) is 33.3 Å². The van der Waals surface area contributed by atoms with Crippen LogP contribution < -0.4 is 10.1 Å². The molecule has 4 aromatic heterocycles. The fraction of sp³-hybridized carbons (Fsp3) is 0.273. The lowest BCUT2D eigenvalue weighted by Gasteiger charge is -2.19. The maximum absolute atomic E-state index is 10.0. The molecule has 4 rings (SSSR count). The third-order valence-corrected chi connectivity index (χ3v) is 4.41. The molecule has 8 nitrogen and oxygen atoms in total. The van der Waals surface area contributed by atoms with Crippen molar-refractivity contribution in [1.82, 2.24) is 24.8 Å². The highest BCUT2D eigenvalue weighted by Crippen LogP contribution is 2.32. The average Bonchev–Trinajstić information content (AvgIpc) is 3.09. The molecule has 0 fully saturated rings. The predicted octanol–water partition coefficient (Wildman–Crippen LogP) is 3.70. The number of rotatable bonds is 6. The van der Waals surface area contributed by atoms with Gasteiger partial charge in [0.05, 0.1) is 23.0 Å². The van der Waals surface area contributed by atoms with Gasteiger partial charge in [0.15, 0.2) is 11.6 Å². The summed E-state index contributed by atoms with van der Waals surface area (Å²) in [6.07, 6.45) is 3.59. The van der Waals surface area contributed by atoms with Crippen LogP contribution in [0.1, 0.15) is 25.2 Å². The van der Waals surface area contributed by atoms with E-state index in [9.17, 15) is 5.11 Å². The lowest BCUT2D eigenvalue weighted by atomic mass is 10.1. The molecular weight excluding hydrogens is 380 g/mol. The van der Waals surface area contributed by atoms with Crippen LogP contribution in [0.4, 0.5) is 11.6 Å². The Labute approximate surface area is 174 Å². The molecule has 0 aromatic carbocycles. The molecule has 0 saturated carbocycles. The van der Waals surface area contributed by atoms with Crippen molar-refractivity contribution in [2.75, 3.05) is 11.9 Å². The number of pyridine rings is 2. The summed E-state index contributed by atoms with van der Waals surface area (Å²) in [5.41, 5.74) is 3.61. The van der Waals surface area contributed by atoms with Crippen molar-refractivity contribution in [2.24, 2.45) is 0 Å². The molecule has 2 N–H and O–H groups in total. The summed E-state index contributed by atoms with van der Waals surface area (Å²) >= 11 is 0. The Kier molecular flexibility index (Phi) is 5.09. The highest BCUT2D eigenvalue weighted by molar-refractivity contribution is 5.75. The van der Waals surface area contributed by atoms with Crippen molar-refractivity contribution in [1.29, 1.82) is 0 Å². The second-order valence-corrected chi connectivity index (χ2v) is 7.92. The van der Waals surface area contributed by atoms with Gasteiger partial charge in [0.25, 0.3) is 0 Å². The van der Waals surface area contributed by atoms with Crippen LogP contribution >= 0.6 is 0 Å². The number of fused-ring (bicyclic) bond motifs is 1.